The van der Waals surface area contributed by atoms with Gasteiger partial charge in [-0.05, 0) is 116 Å². The molecule has 4 aliphatic rings. The van der Waals surface area contributed by atoms with Crippen LogP contribution in [0.15, 0.2) is 71.9 Å². The first-order chi connectivity index (χ1) is 28.4. The van der Waals surface area contributed by atoms with Gasteiger partial charge in [0.05, 0.1) is 36.9 Å². The molecule has 4 aliphatic heterocycles. The average molecular weight is 810 g/mol. The number of aliphatic imine (C=N–C) groups is 1. The predicted octanol–water partition coefficient (Wildman–Crippen LogP) is 8.22. The fraction of sp³-hybridized carbons (Fsp3) is 0.400. The molecule has 5 heterocycles. The lowest BCUT2D eigenvalue weighted by Crippen LogP contribution is -2.53. The van der Waals surface area contributed by atoms with Crippen LogP contribution in [0.5, 0.6) is 23.0 Å². The van der Waals surface area contributed by atoms with Gasteiger partial charge in [0.25, 0.3) is 0 Å². The highest BCUT2D eigenvalue weighted by atomic mass is 19.1. The summed E-state index contributed by atoms with van der Waals surface area (Å²) in [5.74, 6) is 0.104. The number of phenolic OH excluding ortho intramolecular Hbond substituents is 2. The fourth-order valence-electron chi connectivity index (χ4n) is 7.43. The number of nitrogens with one attached hydrogen (secondary N) is 1. The van der Waals surface area contributed by atoms with Gasteiger partial charge in [-0.25, -0.2) is 18.3 Å². The van der Waals surface area contributed by atoms with E-state index in [-0.39, 0.29) is 24.0 Å². The van der Waals surface area contributed by atoms with E-state index in [2.05, 4.69) is 15.4 Å². The van der Waals surface area contributed by atoms with Gasteiger partial charge in [-0.3, -0.25) is 4.99 Å². The molecule has 310 valence electrons. The molecule has 5 aromatic rings. The van der Waals surface area contributed by atoms with Gasteiger partial charge in [0.15, 0.2) is 29.4 Å². The smallest absolute Gasteiger partial charge is 0.410 e. The lowest BCUT2D eigenvalue weighted by atomic mass is 9.99. The van der Waals surface area contributed by atoms with Crippen molar-refractivity contribution in [1.82, 2.24) is 20.0 Å². The normalized spacial score (nSPS) is 17.8. The van der Waals surface area contributed by atoms with Gasteiger partial charge in [-0.15, -0.1) is 0 Å². The number of fused-ring (bicyclic) bond motifs is 2. The molecule has 1 amide bonds. The quantitative estimate of drug-likeness (QED) is 0.134. The number of halogens is 2. The lowest BCUT2D eigenvalue weighted by Gasteiger charge is -2.39. The zero-order chi connectivity index (χ0) is 41.3. The van der Waals surface area contributed by atoms with Crippen LogP contribution in [0.4, 0.5) is 13.6 Å². The molecule has 0 radical (unpaired) electrons. The van der Waals surface area contributed by atoms with Crippen LogP contribution in [0.25, 0.3) is 33.2 Å². The molecule has 59 heavy (non-hydrogen) atoms. The minimum Gasteiger partial charge on any atom is -0.505 e. The lowest BCUT2D eigenvalue weighted by molar-refractivity contribution is -0.0366. The van der Waals surface area contributed by atoms with Crippen molar-refractivity contribution in [3.8, 4) is 45.3 Å². The molecule has 0 bridgehead atoms. The molecule has 14 heteroatoms. The molecule has 4 aromatic carbocycles. The topological polar surface area (TPSA) is 140 Å². The Morgan fingerprint density at radius 3 is 2.15 bits per heavy atom. The summed E-state index contributed by atoms with van der Waals surface area (Å²) in [4.78, 5) is 18.2. The number of aromatic nitrogens is 2. The monoisotopic (exact) mass is 809 g/mol. The van der Waals surface area contributed by atoms with Crippen LogP contribution in [0.2, 0.25) is 0 Å². The summed E-state index contributed by atoms with van der Waals surface area (Å²) in [7, 11) is 0. The first-order valence-electron chi connectivity index (χ1n) is 20.1. The summed E-state index contributed by atoms with van der Waals surface area (Å²) in [5.41, 5.74) is 5.36. The van der Waals surface area contributed by atoms with Crippen LogP contribution in [-0.2, 0) is 16.0 Å². The number of ether oxygens (including phenoxy) is 4. The molecular weight excluding hydrogens is 761 g/mol. The van der Waals surface area contributed by atoms with Crippen molar-refractivity contribution in [2.45, 2.75) is 58.4 Å². The summed E-state index contributed by atoms with van der Waals surface area (Å²) in [6, 6.07) is 16.5. The number of hydrogen-bond donors (Lipinski definition) is 3. The van der Waals surface area contributed by atoms with Gasteiger partial charge in [0.2, 0.25) is 0 Å². The maximum Gasteiger partial charge on any atom is 0.410 e. The molecule has 9 rings (SSSR count). The van der Waals surface area contributed by atoms with E-state index in [9.17, 15) is 23.8 Å². The van der Waals surface area contributed by atoms with Gasteiger partial charge >= 0.3 is 6.09 Å². The number of benzene rings is 4. The number of carbonyl (C=O) groups is 1. The van der Waals surface area contributed by atoms with Crippen LogP contribution < -0.4 is 14.8 Å². The Morgan fingerprint density at radius 2 is 1.53 bits per heavy atom. The van der Waals surface area contributed by atoms with Crippen LogP contribution in [0.3, 0.4) is 0 Å². The molecular formula is C45H49F2N5O7. The number of rotatable bonds is 9. The van der Waals surface area contributed by atoms with E-state index in [1.807, 2.05) is 55.9 Å². The van der Waals surface area contributed by atoms with E-state index in [1.165, 1.54) is 24.3 Å². The summed E-state index contributed by atoms with van der Waals surface area (Å²) < 4.78 is 53.3. The SMILES string of the molecule is CC(C)(C)OC(=O)N1CC(COc2cc(-c3ccc(O)c(F)c3)cc3c2cnn3C2CCCCO2)C1.Oc1ccc(-c2cc3c(c(OCC4CNC4)c2)C=NC3)cc1F. The number of amides is 1. The first-order valence-corrected chi connectivity index (χ1v) is 20.1. The van der Waals surface area contributed by atoms with Gasteiger partial charge in [-0.2, -0.15) is 5.10 Å². The summed E-state index contributed by atoms with van der Waals surface area (Å²) in [5, 5.41) is 27.7. The third-order valence-electron chi connectivity index (χ3n) is 10.8. The molecule has 0 aliphatic carbocycles. The molecule has 3 saturated heterocycles. The highest BCUT2D eigenvalue weighted by molar-refractivity contribution is 5.91. The molecule has 1 atom stereocenters. The van der Waals surface area contributed by atoms with Crippen molar-refractivity contribution in [2.24, 2.45) is 16.8 Å². The van der Waals surface area contributed by atoms with Crippen molar-refractivity contribution < 1.29 is 42.7 Å². The number of hydrogen-bond acceptors (Lipinski definition) is 10. The Hall–Kier alpha value is -5.73. The predicted molar refractivity (Wildman–Crippen MR) is 219 cm³/mol. The van der Waals surface area contributed by atoms with Gasteiger partial charge in [0, 0.05) is 56.4 Å². The van der Waals surface area contributed by atoms with Gasteiger partial charge in [-0.1, -0.05) is 12.1 Å². The van der Waals surface area contributed by atoms with E-state index < -0.39 is 23.0 Å². The highest BCUT2D eigenvalue weighted by Gasteiger charge is 2.34. The first kappa shape index (κ1) is 40.1. The van der Waals surface area contributed by atoms with Crippen molar-refractivity contribution in [1.29, 1.82) is 0 Å². The third-order valence-corrected chi connectivity index (χ3v) is 10.8. The van der Waals surface area contributed by atoms with E-state index >= 15 is 0 Å². The number of phenols is 2. The Kier molecular flexibility index (Phi) is 11.5. The second-order valence-electron chi connectivity index (χ2n) is 16.6. The Morgan fingerprint density at radius 1 is 0.864 bits per heavy atom. The highest BCUT2D eigenvalue weighted by Crippen LogP contribution is 2.38. The van der Waals surface area contributed by atoms with Crippen LogP contribution in [-0.4, -0.2) is 88.8 Å². The van der Waals surface area contributed by atoms with E-state index in [1.54, 1.807) is 23.2 Å². The number of carbonyl (C=O) groups excluding carboxylic acids is 1. The minimum atomic E-state index is -0.684. The van der Waals surface area contributed by atoms with E-state index in [4.69, 9.17) is 18.9 Å². The summed E-state index contributed by atoms with van der Waals surface area (Å²) in [6.07, 6.45) is 6.10. The van der Waals surface area contributed by atoms with Crippen molar-refractivity contribution in [3.63, 3.8) is 0 Å². The molecule has 1 unspecified atom stereocenters. The van der Waals surface area contributed by atoms with Gasteiger partial charge < -0.3 is 39.4 Å². The second-order valence-corrected chi connectivity index (χ2v) is 16.6. The van der Waals surface area contributed by atoms with Crippen LogP contribution >= 0.6 is 0 Å². The Bertz CT molecular complexity index is 2360. The fourth-order valence-corrected chi connectivity index (χ4v) is 7.43. The van der Waals surface area contributed by atoms with Crippen molar-refractivity contribution in [3.05, 3.63) is 89.6 Å². The zero-order valence-corrected chi connectivity index (χ0v) is 33.4. The number of nitrogens with zero attached hydrogens (tertiary/aromatic N) is 4. The van der Waals surface area contributed by atoms with Gasteiger partial charge in [0.1, 0.15) is 17.1 Å². The largest absolute Gasteiger partial charge is 0.505 e. The molecule has 0 spiro atoms. The minimum absolute atomic E-state index is 0.162. The molecule has 3 N–H and O–H groups in total. The number of likely N-dealkylation sites (tertiary alicyclic amines) is 1. The average Bonchev–Trinajstić information content (AvgIpc) is 3.83. The maximum absolute atomic E-state index is 14.1. The maximum atomic E-state index is 14.1. The molecule has 0 saturated carbocycles. The van der Waals surface area contributed by atoms with E-state index in [0.717, 1.165) is 71.3 Å². The standard InChI is InChI=1S/C27H32FN3O5.C18H17FN2O2/c1-27(2,3)36-26(33)30-14-17(15-30)16-35-24-12-19(18-7-8-23(32)21(28)10-18)11-22-20(24)13-29-31(22)25-6-4-5-9-34-25;19-16-4-12(1-2-17(16)22)13-3-14-8-21-9-15(14)18(5-13)23-10-11-6-20-7-11/h7-8,10-13,17,25,32H,4-6,9,14-16H2,1-3H3;1-5,9,11,20,22H,6-8,10H2. The van der Waals surface area contributed by atoms with E-state index in [0.29, 0.717) is 62.2 Å². The summed E-state index contributed by atoms with van der Waals surface area (Å²) >= 11 is 0. The van der Waals surface area contributed by atoms with Crippen molar-refractivity contribution >= 4 is 23.2 Å². The second kappa shape index (κ2) is 16.9. The van der Waals surface area contributed by atoms with Crippen molar-refractivity contribution in [2.75, 3.05) is 46.0 Å². The van der Waals surface area contributed by atoms with Crippen LogP contribution in [0, 0.1) is 23.5 Å². The Balaban J connectivity index is 0.000000180. The molecule has 1 aromatic heterocycles. The summed E-state index contributed by atoms with van der Waals surface area (Å²) in [6.45, 7) is 11.0. The van der Waals surface area contributed by atoms with Crippen LogP contribution in [0.1, 0.15) is 57.4 Å². The number of aromatic hydroxyl groups is 2. The molecule has 3 fully saturated rings. The Labute approximate surface area is 341 Å². The molecule has 12 nitrogen and oxygen atoms in total. The zero-order valence-electron chi connectivity index (χ0n) is 33.4. The third kappa shape index (κ3) is 9.13.